The van der Waals surface area contributed by atoms with Crippen LogP contribution in [0.3, 0.4) is 0 Å². The van der Waals surface area contributed by atoms with Gasteiger partial charge in [0.1, 0.15) is 5.75 Å². The average molecular weight is 375 g/mol. The first kappa shape index (κ1) is 19.9. The van der Waals surface area contributed by atoms with Crippen LogP contribution in [0.5, 0.6) is 23.0 Å². The fourth-order valence-electron chi connectivity index (χ4n) is 2.30. The number of phenolic OH excluding ortho intramolecular Hbond substituents is 1. The highest BCUT2D eigenvalue weighted by molar-refractivity contribution is 5.91. The maximum Gasteiger partial charge on any atom is 0.338 e. The van der Waals surface area contributed by atoms with Crippen LogP contribution in [0.25, 0.3) is 0 Å². The summed E-state index contributed by atoms with van der Waals surface area (Å²) in [6, 6.07) is 8.97. The largest absolute Gasteiger partial charge is 0.508 e. The molecule has 1 amide bonds. The van der Waals surface area contributed by atoms with Gasteiger partial charge >= 0.3 is 5.97 Å². The van der Waals surface area contributed by atoms with Crippen molar-refractivity contribution in [2.24, 2.45) is 0 Å². The predicted octanol–water partition coefficient (Wildman–Crippen LogP) is 1.89. The smallest absolute Gasteiger partial charge is 0.338 e. The van der Waals surface area contributed by atoms with Crippen molar-refractivity contribution < 1.29 is 33.6 Å². The Labute approximate surface area is 156 Å². The number of carbonyl (C=O) groups excluding carboxylic acids is 2. The van der Waals surface area contributed by atoms with Crippen molar-refractivity contribution in [2.75, 3.05) is 27.9 Å². The normalized spacial score (nSPS) is 10.0. The number of amides is 1. The summed E-state index contributed by atoms with van der Waals surface area (Å²) in [4.78, 5) is 23.8. The topological polar surface area (TPSA) is 103 Å². The van der Waals surface area contributed by atoms with Crippen molar-refractivity contribution in [2.45, 2.75) is 6.54 Å². The van der Waals surface area contributed by atoms with Gasteiger partial charge in [-0.05, 0) is 42.0 Å². The number of nitrogens with one attached hydrogen (secondary N) is 1. The molecule has 0 unspecified atom stereocenters. The molecule has 8 nitrogen and oxygen atoms in total. The molecule has 0 spiro atoms. The summed E-state index contributed by atoms with van der Waals surface area (Å²) in [5.74, 6) is 0.320. The lowest BCUT2D eigenvalue weighted by atomic mass is 10.1. The molecule has 0 saturated carbocycles. The van der Waals surface area contributed by atoms with Gasteiger partial charge in [-0.15, -0.1) is 0 Å². The molecular weight excluding hydrogens is 354 g/mol. The molecule has 8 heteroatoms. The quantitative estimate of drug-likeness (QED) is 0.679. The Bertz CT molecular complexity index is 777. The van der Waals surface area contributed by atoms with Crippen molar-refractivity contribution in [3.63, 3.8) is 0 Å². The molecule has 2 aromatic carbocycles. The van der Waals surface area contributed by atoms with E-state index < -0.39 is 18.5 Å². The van der Waals surface area contributed by atoms with Gasteiger partial charge in [-0.2, -0.15) is 0 Å². The number of phenols is 1. The Kier molecular flexibility index (Phi) is 6.87. The number of rotatable bonds is 8. The van der Waals surface area contributed by atoms with Gasteiger partial charge < -0.3 is 29.4 Å². The van der Waals surface area contributed by atoms with Crippen LogP contribution in [-0.4, -0.2) is 44.9 Å². The summed E-state index contributed by atoms with van der Waals surface area (Å²) in [7, 11) is 4.51. The molecule has 0 saturated heterocycles. The number of hydrogen-bond acceptors (Lipinski definition) is 7. The molecule has 0 aromatic heterocycles. The third-order valence-electron chi connectivity index (χ3n) is 3.65. The first-order valence-electron chi connectivity index (χ1n) is 8.00. The van der Waals surface area contributed by atoms with Crippen LogP contribution < -0.4 is 19.5 Å². The predicted molar refractivity (Wildman–Crippen MR) is 96.3 cm³/mol. The standard InChI is InChI=1S/C19H21NO7/c1-24-15-8-12(9-16(25-2)18(15)26-3)10-20-17(22)11-27-19(23)13-4-6-14(21)7-5-13/h4-9,21H,10-11H2,1-3H3,(H,20,22). The maximum absolute atomic E-state index is 11.9. The molecule has 0 atom stereocenters. The maximum atomic E-state index is 11.9. The second-order valence-corrected chi connectivity index (χ2v) is 5.43. The Morgan fingerprint density at radius 3 is 2.07 bits per heavy atom. The summed E-state index contributed by atoms with van der Waals surface area (Å²) in [6.45, 7) is -0.240. The highest BCUT2D eigenvalue weighted by atomic mass is 16.5. The molecule has 2 rings (SSSR count). The molecule has 0 radical (unpaired) electrons. The summed E-state index contributed by atoms with van der Waals surface area (Å²) >= 11 is 0. The van der Waals surface area contributed by atoms with E-state index in [1.54, 1.807) is 12.1 Å². The second-order valence-electron chi connectivity index (χ2n) is 5.43. The van der Waals surface area contributed by atoms with E-state index in [0.717, 1.165) is 5.56 Å². The monoisotopic (exact) mass is 375 g/mol. The molecular formula is C19H21NO7. The molecule has 144 valence electrons. The number of carbonyl (C=O) groups is 2. The summed E-state index contributed by atoms with van der Waals surface area (Å²) in [6.07, 6.45) is 0. The fraction of sp³-hybridized carbons (Fsp3) is 0.263. The fourth-order valence-corrected chi connectivity index (χ4v) is 2.30. The number of esters is 1. The van der Waals surface area contributed by atoms with Crippen LogP contribution >= 0.6 is 0 Å². The van der Waals surface area contributed by atoms with Crippen LogP contribution in [0.1, 0.15) is 15.9 Å². The third-order valence-corrected chi connectivity index (χ3v) is 3.65. The molecule has 2 N–H and O–H groups in total. The van der Waals surface area contributed by atoms with Crippen LogP contribution in [0.15, 0.2) is 36.4 Å². The van der Waals surface area contributed by atoms with Gasteiger partial charge in [-0.3, -0.25) is 4.79 Å². The van der Waals surface area contributed by atoms with E-state index in [1.165, 1.54) is 45.6 Å². The van der Waals surface area contributed by atoms with Gasteiger partial charge in [0.25, 0.3) is 5.91 Å². The number of aromatic hydroxyl groups is 1. The molecule has 0 heterocycles. The Hall–Kier alpha value is -3.42. The SMILES string of the molecule is COc1cc(CNC(=O)COC(=O)c2ccc(O)cc2)cc(OC)c1OC. The van der Waals surface area contributed by atoms with E-state index >= 15 is 0 Å². The van der Waals surface area contributed by atoms with Crippen molar-refractivity contribution in [1.82, 2.24) is 5.32 Å². The van der Waals surface area contributed by atoms with Crippen LogP contribution in [0.2, 0.25) is 0 Å². The van der Waals surface area contributed by atoms with Crippen LogP contribution in [0, 0.1) is 0 Å². The highest BCUT2D eigenvalue weighted by Crippen LogP contribution is 2.38. The molecule has 0 aliphatic rings. The highest BCUT2D eigenvalue weighted by Gasteiger charge is 2.14. The first-order chi connectivity index (χ1) is 13.0. The van der Waals surface area contributed by atoms with Crippen molar-refractivity contribution in [1.29, 1.82) is 0 Å². The summed E-state index contributed by atoms with van der Waals surface area (Å²) < 4.78 is 20.7. The van der Waals surface area contributed by atoms with Gasteiger partial charge in [0.2, 0.25) is 5.75 Å². The van der Waals surface area contributed by atoms with Crippen LogP contribution in [-0.2, 0) is 16.1 Å². The number of benzene rings is 2. The van der Waals surface area contributed by atoms with Gasteiger partial charge in [-0.1, -0.05) is 0 Å². The Morgan fingerprint density at radius 2 is 1.56 bits per heavy atom. The summed E-state index contributed by atoms with van der Waals surface area (Å²) in [5.41, 5.74) is 0.966. The number of methoxy groups -OCH3 is 3. The number of hydrogen-bond donors (Lipinski definition) is 2. The van der Waals surface area contributed by atoms with Gasteiger partial charge in [0.15, 0.2) is 18.1 Å². The first-order valence-corrected chi connectivity index (χ1v) is 8.00. The molecule has 0 fully saturated rings. The lowest BCUT2D eigenvalue weighted by molar-refractivity contribution is -0.124. The van der Waals surface area contributed by atoms with Gasteiger partial charge in [0, 0.05) is 6.54 Å². The van der Waals surface area contributed by atoms with E-state index in [9.17, 15) is 14.7 Å². The molecule has 27 heavy (non-hydrogen) atoms. The van der Waals surface area contributed by atoms with E-state index in [-0.39, 0.29) is 17.9 Å². The molecule has 2 aromatic rings. The van der Waals surface area contributed by atoms with Crippen LogP contribution in [0.4, 0.5) is 0 Å². The van der Waals surface area contributed by atoms with Crippen molar-refractivity contribution >= 4 is 11.9 Å². The average Bonchev–Trinajstić information content (AvgIpc) is 2.69. The lowest BCUT2D eigenvalue weighted by Gasteiger charge is -2.14. The summed E-state index contributed by atoms with van der Waals surface area (Å²) in [5, 5.41) is 11.8. The Morgan fingerprint density at radius 1 is 0.963 bits per heavy atom. The zero-order chi connectivity index (χ0) is 19.8. The minimum Gasteiger partial charge on any atom is -0.508 e. The van der Waals surface area contributed by atoms with Gasteiger partial charge in [-0.25, -0.2) is 4.79 Å². The zero-order valence-electron chi connectivity index (χ0n) is 15.3. The molecule has 0 aliphatic heterocycles. The van der Waals surface area contributed by atoms with Crippen molar-refractivity contribution in [3.05, 3.63) is 47.5 Å². The van der Waals surface area contributed by atoms with E-state index in [0.29, 0.717) is 17.2 Å². The minimum absolute atomic E-state index is 0.0367. The van der Waals surface area contributed by atoms with E-state index in [1.807, 2.05) is 0 Å². The minimum atomic E-state index is -0.655. The Balaban J connectivity index is 1.91. The van der Waals surface area contributed by atoms with E-state index in [2.05, 4.69) is 5.32 Å². The number of ether oxygens (including phenoxy) is 4. The van der Waals surface area contributed by atoms with Gasteiger partial charge in [0.05, 0.1) is 26.9 Å². The third kappa shape index (κ3) is 5.27. The van der Waals surface area contributed by atoms with E-state index in [4.69, 9.17) is 18.9 Å². The zero-order valence-corrected chi connectivity index (χ0v) is 15.3. The molecule has 0 aliphatic carbocycles. The molecule has 0 bridgehead atoms. The second kappa shape index (κ2) is 9.33. The van der Waals surface area contributed by atoms with Crippen molar-refractivity contribution in [3.8, 4) is 23.0 Å². The lowest BCUT2D eigenvalue weighted by Crippen LogP contribution is -2.28.